The van der Waals surface area contributed by atoms with E-state index >= 15 is 0 Å². The molecule has 2 aromatic rings. The smallest absolute Gasteiger partial charge is 0.225 e. The van der Waals surface area contributed by atoms with E-state index in [1.807, 2.05) is 55.3 Å². The minimum Gasteiger partial charge on any atom is -0.392 e. The summed E-state index contributed by atoms with van der Waals surface area (Å²) in [5.74, 6) is 0.940. The highest BCUT2D eigenvalue weighted by molar-refractivity contribution is 5.77. The minimum atomic E-state index is -0.591. The Kier molecular flexibility index (Phi) is 5.53. The van der Waals surface area contributed by atoms with Gasteiger partial charge in [-0.15, -0.1) is 0 Å². The van der Waals surface area contributed by atoms with Crippen molar-refractivity contribution >= 4 is 5.91 Å². The summed E-state index contributed by atoms with van der Waals surface area (Å²) in [7, 11) is 0. The van der Waals surface area contributed by atoms with Crippen LogP contribution in [-0.4, -0.2) is 38.5 Å². The van der Waals surface area contributed by atoms with Gasteiger partial charge in [0.25, 0.3) is 0 Å². The maximum Gasteiger partial charge on any atom is 0.225 e. The van der Waals surface area contributed by atoms with Crippen LogP contribution in [-0.2, 0) is 4.79 Å². The predicted molar refractivity (Wildman–Crippen MR) is 97.8 cm³/mol. The van der Waals surface area contributed by atoms with E-state index in [0.717, 1.165) is 42.9 Å². The Morgan fingerprint density at radius 2 is 2.08 bits per heavy atom. The summed E-state index contributed by atoms with van der Waals surface area (Å²) >= 11 is 0. The number of imidazole rings is 1. The number of aliphatic hydroxyl groups excluding tert-OH is 1. The molecule has 5 heteroatoms. The Bertz CT molecular complexity index is 696. The van der Waals surface area contributed by atoms with Gasteiger partial charge in [0.2, 0.25) is 5.91 Å². The summed E-state index contributed by atoms with van der Waals surface area (Å²) in [6.07, 6.45) is 4.43. The molecule has 0 aliphatic carbocycles. The molecular formula is C20H27N3O2. The second-order valence-electron chi connectivity index (χ2n) is 7.16. The molecule has 1 aliphatic rings. The summed E-state index contributed by atoms with van der Waals surface area (Å²) < 4.78 is 0. The van der Waals surface area contributed by atoms with Gasteiger partial charge in [-0.3, -0.25) is 4.79 Å². The molecule has 1 saturated heterocycles. The van der Waals surface area contributed by atoms with Gasteiger partial charge in [0.15, 0.2) is 0 Å². The number of hydrogen-bond donors (Lipinski definition) is 2. The van der Waals surface area contributed by atoms with E-state index in [1.54, 1.807) is 0 Å². The van der Waals surface area contributed by atoms with E-state index in [9.17, 15) is 9.90 Å². The maximum absolute atomic E-state index is 12.7. The Morgan fingerprint density at radius 3 is 2.80 bits per heavy atom. The van der Waals surface area contributed by atoms with Crippen LogP contribution < -0.4 is 0 Å². The largest absolute Gasteiger partial charge is 0.392 e. The number of nitrogens with zero attached hydrogens (tertiary/aromatic N) is 2. The zero-order valence-corrected chi connectivity index (χ0v) is 15.0. The zero-order chi connectivity index (χ0) is 17.8. The molecule has 0 radical (unpaired) electrons. The van der Waals surface area contributed by atoms with Gasteiger partial charge in [0.1, 0.15) is 5.82 Å². The van der Waals surface area contributed by atoms with E-state index in [2.05, 4.69) is 9.97 Å². The third-order valence-electron chi connectivity index (χ3n) is 4.97. The molecule has 1 aromatic heterocycles. The molecule has 2 atom stereocenters. The lowest BCUT2D eigenvalue weighted by Crippen LogP contribution is -2.40. The van der Waals surface area contributed by atoms with E-state index in [4.69, 9.17) is 0 Å². The van der Waals surface area contributed by atoms with Crippen molar-refractivity contribution in [3.05, 3.63) is 42.4 Å². The van der Waals surface area contributed by atoms with Crippen LogP contribution in [0.25, 0.3) is 11.3 Å². The first-order valence-corrected chi connectivity index (χ1v) is 9.14. The van der Waals surface area contributed by atoms with Crippen LogP contribution in [0.1, 0.15) is 51.4 Å². The van der Waals surface area contributed by atoms with Crippen LogP contribution in [0, 0.1) is 5.92 Å². The van der Waals surface area contributed by atoms with E-state index in [-0.39, 0.29) is 24.3 Å². The van der Waals surface area contributed by atoms with Crippen LogP contribution in [0.15, 0.2) is 36.5 Å². The first-order valence-electron chi connectivity index (χ1n) is 9.14. The SMILES string of the molecule is CC(C)[C@H](O)CC(=O)N1CCCC[C@@H]1c1ncc(-c2ccccc2)[nH]1. The highest BCUT2D eigenvalue weighted by Gasteiger charge is 2.31. The standard InChI is InChI=1S/C20H27N3O2/c1-14(2)18(24)12-19(25)23-11-7-6-10-17(23)20-21-13-16(22-20)15-8-4-3-5-9-15/h3-5,8-9,13-14,17-18,24H,6-7,10-12H2,1-2H3,(H,21,22)/t17-,18-/m1/s1. The van der Waals surface area contributed by atoms with Crippen molar-refractivity contribution in [2.75, 3.05) is 6.54 Å². The van der Waals surface area contributed by atoms with Crippen molar-refractivity contribution in [1.82, 2.24) is 14.9 Å². The third-order valence-corrected chi connectivity index (χ3v) is 4.97. The van der Waals surface area contributed by atoms with Gasteiger partial charge in [0.05, 0.1) is 30.5 Å². The molecule has 2 heterocycles. The molecule has 134 valence electrons. The average molecular weight is 341 g/mol. The Balaban J connectivity index is 1.77. The summed E-state index contributed by atoms with van der Waals surface area (Å²) in [6.45, 7) is 4.60. The lowest BCUT2D eigenvalue weighted by Gasteiger charge is -2.35. The number of benzene rings is 1. The summed E-state index contributed by atoms with van der Waals surface area (Å²) in [4.78, 5) is 22.5. The van der Waals surface area contributed by atoms with Crippen LogP contribution in [0.5, 0.6) is 0 Å². The van der Waals surface area contributed by atoms with Crippen molar-refractivity contribution < 1.29 is 9.90 Å². The lowest BCUT2D eigenvalue weighted by atomic mass is 9.98. The Morgan fingerprint density at radius 1 is 1.32 bits per heavy atom. The zero-order valence-electron chi connectivity index (χ0n) is 15.0. The van der Waals surface area contributed by atoms with Gasteiger partial charge in [-0.05, 0) is 30.7 Å². The van der Waals surface area contributed by atoms with Crippen LogP contribution in [0.2, 0.25) is 0 Å². The Labute approximate surface area is 149 Å². The number of hydrogen-bond acceptors (Lipinski definition) is 3. The number of piperidine rings is 1. The number of aromatic nitrogens is 2. The number of aliphatic hydroxyl groups is 1. The number of H-pyrrole nitrogens is 1. The Hall–Kier alpha value is -2.14. The van der Waals surface area contributed by atoms with Crippen LogP contribution >= 0.6 is 0 Å². The molecule has 1 aliphatic heterocycles. The first-order chi connectivity index (χ1) is 12.1. The third kappa shape index (κ3) is 4.10. The quantitative estimate of drug-likeness (QED) is 0.874. The van der Waals surface area contributed by atoms with Gasteiger partial charge < -0.3 is 15.0 Å². The van der Waals surface area contributed by atoms with Crippen molar-refractivity contribution in [2.45, 2.75) is 51.7 Å². The molecule has 0 unspecified atom stereocenters. The number of nitrogens with one attached hydrogen (secondary N) is 1. The van der Waals surface area contributed by atoms with Gasteiger partial charge in [-0.2, -0.15) is 0 Å². The summed E-state index contributed by atoms with van der Waals surface area (Å²) in [5.41, 5.74) is 2.06. The van der Waals surface area contributed by atoms with Crippen LogP contribution in [0.4, 0.5) is 0 Å². The van der Waals surface area contributed by atoms with E-state index in [0.29, 0.717) is 0 Å². The fourth-order valence-corrected chi connectivity index (χ4v) is 3.32. The number of likely N-dealkylation sites (tertiary alicyclic amines) is 1. The van der Waals surface area contributed by atoms with Crippen LogP contribution in [0.3, 0.4) is 0 Å². The molecule has 1 aromatic carbocycles. The second kappa shape index (κ2) is 7.83. The molecule has 3 rings (SSSR count). The average Bonchev–Trinajstić information content (AvgIpc) is 3.12. The van der Waals surface area contributed by atoms with Gasteiger partial charge in [-0.1, -0.05) is 44.2 Å². The van der Waals surface area contributed by atoms with Crippen molar-refractivity contribution in [1.29, 1.82) is 0 Å². The molecular weight excluding hydrogens is 314 g/mol. The molecule has 1 fully saturated rings. The van der Waals surface area contributed by atoms with E-state index in [1.165, 1.54) is 0 Å². The maximum atomic E-state index is 12.7. The highest BCUT2D eigenvalue weighted by Crippen LogP contribution is 2.31. The van der Waals surface area contributed by atoms with Crippen molar-refractivity contribution in [2.24, 2.45) is 5.92 Å². The monoisotopic (exact) mass is 341 g/mol. The summed E-state index contributed by atoms with van der Waals surface area (Å²) in [6, 6.07) is 10.0. The summed E-state index contributed by atoms with van der Waals surface area (Å²) in [5, 5.41) is 10.1. The molecule has 1 amide bonds. The number of carbonyl (C=O) groups is 1. The predicted octanol–water partition coefficient (Wildman–Crippen LogP) is 3.54. The molecule has 0 bridgehead atoms. The number of rotatable bonds is 5. The molecule has 25 heavy (non-hydrogen) atoms. The topological polar surface area (TPSA) is 69.2 Å². The first kappa shape index (κ1) is 17.7. The number of amides is 1. The normalized spacial score (nSPS) is 19.2. The number of aromatic amines is 1. The van der Waals surface area contributed by atoms with Gasteiger partial charge in [-0.25, -0.2) is 4.98 Å². The van der Waals surface area contributed by atoms with Gasteiger partial charge in [0, 0.05) is 6.54 Å². The molecule has 2 N–H and O–H groups in total. The second-order valence-corrected chi connectivity index (χ2v) is 7.16. The van der Waals surface area contributed by atoms with Crippen molar-refractivity contribution in [3.8, 4) is 11.3 Å². The van der Waals surface area contributed by atoms with Crippen molar-refractivity contribution in [3.63, 3.8) is 0 Å². The number of carbonyl (C=O) groups excluding carboxylic acids is 1. The lowest BCUT2D eigenvalue weighted by molar-refractivity contribution is -0.138. The fourth-order valence-electron chi connectivity index (χ4n) is 3.32. The minimum absolute atomic E-state index is 0.0172. The molecule has 5 nitrogen and oxygen atoms in total. The van der Waals surface area contributed by atoms with Gasteiger partial charge >= 0.3 is 0 Å². The molecule has 0 spiro atoms. The van der Waals surface area contributed by atoms with E-state index < -0.39 is 6.10 Å². The highest BCUT2D eigenvalue weighted by atomic mass is 16.3. The molecule has 0 saturated carbocycles. The fraction of sp³-hybridized carbons (Fsp3) is 0.500.